The number of rotatable bonds is 15. The number of ether oxygens (including phenoxy) is 1. The molecule has 0 unspecified atom stereocenters. The number of likely N-dealkylation sites (tertiary alicyclic amines) is 3. The highest BCUT2D eigenvalue weighted by Crippen LogP contribution is 2.52. The zero-order valence-electron chi connectivity index (χ0n) is 36.0. The summed E-state index contributed by atoms with van der Waals surface area (Å²) in [5.41, 5.74) is -1.01. The summed E-state index contributed by atoms with van der Waals surface area (Å²) in [6.07, 6.45) is 6.38. The lowest BCUT2D eigenvalue weighted by Crippen LogP contribution is -2.65. The highest BCUT2D eigenvalue weighted by atomic mass is 32.2. The van der Waals surface area contributed by atoms with E-state index in [4.69, 9.17) is 4.74 Å². The van der Waals surface area contributed by atoms with Crippen molar-refractivity contribution in [2.24, 2.45) is 11.8 Å². The van der Waals surface area contributed by atoms with Crippen molar-refractivity contribution in [2.45, 2.75) is 71.6 Å². The number of halogens is 4. The molecule has 0 aromatic heterocycles. The maximum Gasteiger partial charge on any atom is 0.407 e. The first-order valence-corrected chi connectivity index (χ1v) is 23.7. The zero-order valence-corrected chi connectivity index (χ0v) is 36.8. The normalized spacial score (nSPS) is 22.9. The van der Waals surface area contributed by atoms with E-state index in [0.717, 1.165) is 69.8 Å². The van der Waals surface area contributed by atoms with Crippen molar-refractivity contribution in [1.82, 2.24) is 25.3 Å². The smallest absolute Gasteiger partial charge is 0.407 e. The third-order valence-electron chi connectivity index (χ3n) is 14.0. The Balaban J connectivity index is 0.889. The van der Waals surface area contributed by atoms with Gasteiger partial charge >= 0.3 is 6.09 Å². The van der Waals surface area contributed by atoms with E-state index in [-0.39, 0.29) is 89.9 Å². The molecule has 2 N–H and O–H groups in total. The van der Waals surface area contributed by atoms with Crippen LogP contribution in [0.3, 0.4) is 0 Å². The quantitative estimate of drug-likeness (QED) is 0.146. The summed E-state index contributed by atoms with van der Waals surface area (Å²) in [6.45, 7) is 3.97. The summed E-state index contributed by atoms with van der Waals surface area (Å²) in [5.74, 6) is -1.89. The van der Waals surface area contributed by atoms with Crippen molar-refractivity contribution in [1.29, 1.82) is 0 Å². The number of hydrogen-bond acceptors (Lipinski definition) is 9. The Kier molecular flexibility index (Phi) is 13.4. The predicted octanol–water partition coefficient (Wildman–Crippen LogP) is 5.67. The van der Waals surface area contributed by atoms with Crippen molar-refractivity contribution in [3.05, 3.63) is 102 Å². The average Bonchev–Trinajstić information content (AvgIpc) is 3.71. The Morgan fingerprint density at radius 1 is 0.891 bits per heavy atom. The van der Waals surface area contributed by atoms with Gasteiger partial charge in [0.05, 0.1) is 48.8 Å². The molecule has 3 atom stereocenters. The number of anilines is 1. The zero-order chi connectivity index (χ0) is 45.2. The summed E-state index contributed by atoms with van der Waals surface area (Å²) in [4.78, 5) is 44.2. The highest BCUT2D eigenvalue weighted by molar-refractivity contribution is 7.91. The van der Waals surface area contributed by atoms with Gasteiger partial charge in [0.15, 0.2) is 5.67 Å². The maximum atomic E-state index is 16.4. The van der Waals surface area contributed by atoms with Crippen LogP contribution in [0.1, 0.15) is 54.4 Å². The summed E-state index contributed by atoms with van der Waals surface area (Å²) < 4.78 is 92.4. The van der Waals surface area contributed by atoms with E-state index in [9.17, 15) is 27.2 Å². The van der Waals surface area contributed by atoms with E-state index >= 15 is 13.2 Å². The molecule has 5 aliphatic rings. The molecule has 8 rings (SSSR count). The molecule has 64 heavy (non-hydrogen) atoms. The molecule has 3 amide bonds. The van der Waals surface area contributed by atoms with Crippen molar-refractivity contribution < 1.29 is 45.1 Å². The van der Waals surface area contributed by atoms with Crippen LogP contribution >= 0.6 is 0 Å². The average molecular weight is 909 g/mol. The van der Waals surface area contributed by atoms with Gasteiger partial charge in [-0.2, -0.15) is 0 Å². The molecular weight excluding hydrogens is 853 g/mol. The van der Waals surface area contributed by atoms with Crippen LogP contribution in [0.25, 0.3) is 0 Å². The number of carbonyl (C=O) groups excluding carboxylic acids is 3. The minimum atomic E-state index is -4.25. The minimum absolute atomic E-state index is 0.0203. The van der Waals surface area contributed by atoms with Crippen LogP contribution in [0.5, 0.6) is 0 Å². The molecule has 0 spiro atoms. The number of alkyl carbamates (subject to hydrolysis) is 1. The number of sulfone groups is 1. The summed E-state index contributed by atoms with van der Waals surface area (Å²) >= 11 is 0. The van der Waals surface area contributed by atoms with Crippen LogP contribution in [0.15, 0.2) is 88.7 Å². The number of alkyl halides is 2. The molecule has 5 fully saturated rings. The number of benzene rings is 3. The second kappa shape index (κ2) is 18.8. The van der Waals surface area contributed by atoms with Gasteiger partial charge in [0, 0.05) is 42.7 Å². The fourth-order valence-corrected chi connectivity index (χ4v) is 11.9. The van der Waals surface area contributed by atoms with Gasteiger partial charge in [-0.15, -0.1) is 0 Å². The standard InChI is InChI=1S/C47H56F4N6O6S/c1-63-45(60)53-41-12-4-11-39(41)47(31-54-19-6-20-54,34-8-3-9-35(48)24-34)33-16-21-55(22-17-33)28-46(51)29-57(30-46)42-15-14-38(25-40(42)50)64(61,62)37-10-2-7-32(23-37)44(59)52-18-5-13-43(58)56-26-36(49)27-56/h2-3,5,7-10,13-15,23-25,33,36,39,41H,4,6,11-12,16-22,26-31H2,1H3,(H,52,59)(H,53,60)/b13-5+/t39-,41-,47-/m0/s1. The first-order chi connectivity index (χ1) is 30.7. The molecule has 1 saturated carbocycles. The van der Waals surface area contributed by atoms with Crippen molar-refractivity contribution in [2.75, 3.05) is 84.0 Å². The van der Waals surface area contributed by atoms with E-state index in [0.29, 0.717) is 13.1 Å². The third-order valence-corrected chi connectivity index (χ3v) is 15.7. The predicted molar refractivity (Wildman–Crippen MR) is 232 cm³/mol. The molecule has 3 aromatic rings. The third kappa shape index (κ3) is 9.52. The first-order valence-electron chi connectivity index (χ1n) is 22.2. The van der Waals surface area contributed by atoms with Gasteiger partial charge in [0.25, 0.3) is 5.91 Å². The Bertz CT molecular complexity index is 2350. The molecule has 4 heterocycles. The molecule has 0 radical (unpaired) electrons. The van der Waals surface area contributed by atoms with Gasteiger partial charge in [-0.1, -0.05) is 30.7 Å². The van der Waals surface area contributed by atoms with Gasteiger partial charge in [0.2, 0.25) is 15.7 Å². The van der Waals surface area contributed by atoms with Crippen LogP contribution in [0.4, 0.5) is 28.0 Å². The van der Waals surface area contributed by atoms with E-state index in [1.54, 1.807) is 17.0 Å². The molecule has 1 aliphatic carbocycles. The van der Waals surface area contributed by atoms with E-state index in [2.05, 4.69) is 20.4 Å². The Labute approximate surface area is 371 Å². The SMILES string of the molecule is COC(=O)N[C@H]1CCC[C@@H]1[C@](CN1CCC1)(c1cccc(F)c1)C1CCN(CC2(F)CN(c3ccc(S(=O)(=O)c4cccc(C(=O)NC/C=C/C(=O)N5CC(F)C5)c4)cc3F)C2)CC1. The van der Waals surface area contributed by atoms with Crippen molar-refractivity contribution >= 4 is 33.4 Å². The number of piperidine rings is 1. The number of amides is 3. The summed E-state index contributed by atoms with van der Waals surface area (Å²) in [5, 5.41) is 5.69. The molecule has 0 bridgehead atoms. The Hall–Kier alpha value is -5.00. The number of hydrogen-bond donors (Lipinski definition) is 2. The molecular formula is C47H56F4N6O6S. The first kappa shape index (κ1) is 45.6. The highest BCUT2D eigenvalue weighted by Gasteiger charge is 2.54. The fraction of sp³-hybridized carbons (Fsp3) is 0.511. The van der Waals surface area contributed by atoms with Crippen LogP contribution in [0.2, 0.25) is 0 Å². The topological polar surface area (TPSA) is 132 Å². The maximum absolute atomic E-state index is 16.4. The number of nitrogens with one attached hydrogen (secondary N) is 2. The molecule has 4 aliphatic heterocycles. The summed E-state index contributed by atoms with van der Waals surface area (Å²) in [6, 6.07) is 15.6. The van der Waals surface area contributed by atoms with Gasteiger partial charge in [-0.3, -0.25) is 14.5 Å². The summed E-state index contributed by atoms with van der Waals surface area (Å²) in [7, 11) is -2.89. The fourth-order valence-electron chi connectivity index (χ4n) is 10.6. The van der Waals surface area contributed by atoms with Crippen LogP contribution in [-0.2, 0) is 24.8 Å². The Morgan fingerprint density at radius 2 is 1.62 bits per heavy atom. The van der Waals surface area contributed by atoms with Crippen molar-refractivity contribution in [3.8, 4) is 0 Å². The second-order valence-electron chi connectivity index (χ2n) is 18.1. The molecule has 17 heteroatoms. The van der Waals surface area contributed by atoms with Gasteiger partial charge in [0.1, 0.15) is 17.8 Å². The number of carbonyl (C=O) groups is 3. The van der Waals surface area contributed by atoms with Crippen LogP contribution < -0.4 is 15.5 Å². The van der Waals surface area contributed by atoms with Crippen molar-refractivity contribution in [3.63, 3.8) is 0 Å². The van der Waals surface area contributed by atoms with Gasteiger partial charge < -0.3 is 30.1 Å². The molecule has 3 aromatic carbocycles. The Morgan fingerprint density at radius 3 is 2.30 bits per heavy atom. The monoisotopic (exact) mass is 908 g/mol. The molecule has 344 valence electrons. The second-order valence-corrected chi connectivity index (χ2v) is 20.1. The number of nitrogens with zero attached hydrogens (tertiary/aromatic N) is 4. The van der Waals surface area contributed by atoms with Gasteiger partial charge in [-0.05, 0) is 124 Å². The lowest BCUT2D eigenvalue weighted by Gasteiger charge is -2.54. The van der Waals surface area contributed by atoms with Crippen LogP contribution in [-0.4, -0.2) is 138 Å². The van der Waals surface area contributed by atoms with Crippen LogP contribution in [0, 0.1) is 23.5 Å². The lowest BCUT2D eigenvalue weighted by molar-refractivity contribution is -0.132. The molecule has 12 nitrogen and oxygen atoms in total. The molecule has 4 saturated heterocycles. The van der Waals surface area contributed by atoms with E-state index in [1.165, 1.54) is 66.6 Å². The lowest BCUT2D eigenvalue weighted by atomic mass is 9.57. The van der Waals surface area contributed by atoms with E-state index in [1.807, 2.05) is 6.07 Å². The number of methoxy groups -OCH3 is 1. The minimum Gasteiger partial charge on any atom is -0.453 e. The largest absolute Gasteiger partial charge is 0.453 e. The van der Waals surface area contributed by atoms with Gasteiger partial charge in [-0.25, -0.2) is 30.8 Å². The van der Waals surface area contributed by atoms with E-state index < -0.39 is 44.9 Å².